The van der Waals surface area contributed by atoms with E-state index in [2.05, 4.69) is 54.8 Å². The molecule has 0 fully saturated rings. The van der Waals surface area contributed by atoms with Crippen LogP contribution in [0, 0.1) is 12.5 Å². The van der Waals surface area contributed by atoms with Crippen LogP contribution in [0.1, 0.15) is 73.1 Å². The van der Waals surface area contributed by atoms with Crippen LogP contribution in [0.5, 0.6) is 0 Å². The third-order valence-corrected chi connectivity index (χ3v) is 6.63. The molecule has 7 nitrogen and oxygen atoms in total. The number of hydrogen-bond donors (Lipinski definition) is 2. The van der Waals surface area contributed by atoms with Gasteiger partial charge in [-0.2, -0.15) is 4.31 Å². The van der Waals surface area contributed by atoms with Gasteiger partial charge in [-0.25, -0.2) is 9.13 Å². The molecule has 0 rings (SSSR count). The van der Waals surface area contributed by atoms with E-state index in [4.69, 9.17) is 20.7 Å². The Morgan fingerprint density at radius 3 is 1.71 bits per heavy atom. The smallest absolute Gasteiger partial charge is 0.350 e. The first-order valence-corrected chi connectivity index (χ1v) is 13.1. The Morgan fingerprint density at radius 2 is 1.29 bits per heavy atom. The van der Waals surface area contributed by atoms with Crippen LogP contribution in [0.15, 0.2) is 46.6 Å². The van der Waals surface area contributed by atoms with Crippen molar-refractivity contribution in [3.05, 3.63) is 46.6 Å². The fraction of sp³-hybridized carbons (Fsp3) is 0.545. The third-order valence-electron chi connectivity index (χ3n) is 4.19. The molecule has 0 aliphatic heterocycles. The van der Waals surface area contributed by atoms with Gasteiger partial charge in [0.2, 0.25) is 0 Å². The molecule has 176 valence electrons. The summed E-state index contributed by atoms with van der Waals surface area (Å²) in [5.74, 6) is 0. The minimum absolute atomic E-state index is 0.218. The number of allylic oxidation sites excluding steroid dienone is 7. The fourth-order valence-corrected chi connectivity index (χ4v) is 4.32. The molecule has 2 N–H and O–H groups in total. The highest BCUT2D eigenvalue weighted by Crippen LogP contribution is 2.60. The average Bonchev–Trinajstić information content (AvgIpc) is 2.59. The zero-order chi connectivity index (χ0) is 23.9. The highest BCUT2D eigenvalue weighted by Gasteiger charge is 2.36. The zero-order valence-electron chi connectivity index (χ0n) is 19.2. The van der Waals surface area contributed by atoms with Crippen molar-refractivity contribution in [1.29, 1.82) is 0 Å². The van der Waals surface area contributed by atoms with Gasteiger partial charge in [-0.15, -0.1) is 0 Å². The summed E-state index contributed by atoms with van der Waals surface area (Å²) < 4.78 is 36.0. The molecule has 0 aromatic rings. The largest absolute Gasteiger partial charge is 0.547 e. The van der Waals surface area contributed by atoms with Gasteiger partial charge in [0.05, 0.1) is 6.61 Å². The van der Waals surface area contributed by atoms with E-state index in [1.165, 1.54) is 16.7 Å². The molecule has 0 heterocycles. The van der Waals surface area contributed by atoms with Gasteiger partial charge in [0.15, 0.2) is 0 Å². The Labute approximate surface area is 187 Å². The van der Waals surface area contributed by atoms with E-state index >= 15 is 0 Å². The highest BCUT2D eigenvalue weighted by atomic mass is 31.3. The second kappa shape index (κ2) is 15.4. The van der Waals surface area contributed by atoms with Crippen molar-refractivity contribution in [3.8, 4) is 12.5 Å². The molecule has 0 aromatic carbocycles. The van der Waals surface area contributed by atoms with Crippen molar-refractivity contribution in [2.24, 2.45) is 0 Å². The Morgan fingerprint density at radius 1 is 0.839 bits per heavy atom. The summed E-state index contributed by atoms with van der Waals surface area (Å²) in [6, 6.07) is 0. The van der Waals surface area contributed by atoms with Crippen LogP contribution in [0.3, 0.4) is 0 Å². The Balaban J connectivity index is 4.39. The van der Waals surface area contributed by atoms with Gasteiger partial charge in [0.1, 0.15) is 6.11 Å². The van der Waals surface area contributed by atoms with Gasteiger partial charge in [-0.3, -0.25) is 4.52 Å². The summed E-state index contributed by atoms with van der Waals surface area (Å²) in [6.45, 7) is 10.2. The molecule has 1 unspecified atom stereocenters. The normalized spacial score (nSPS) is 15.2. The van der Waals surface area contributed by atoms with E-state index in [1.807, 2.05) is 6.92 Å². The van der Waals surface area contributed by atoms with Crippen molar-refractivity contribution in [1.82, 2.24) is 0 Å². The second-order valence-corrected chi connectivity index (χ2v) is 10.5. The quantitative estimate of drug-likeness (QED) is 0.150. The summed E-state index contributed by atoms with van der Waals surface area (Å²) in [6.07, 6.45) is 20.6. The maximum absolute atomic E-state index is 12.0. The lowest BCUT2D eigenvalue weighted by molar-refractivity contribution is 0.188. The molecular weight excluding hydrogens is 438 g/mol. The molecule has 0 saturated carbocycles. The lowest BCUT2D eigenvalue weighted by atomic mass is 10.0. The third kappa shape index (κ3) is 17.9. The molecule has 0 radical (unpaired) electrons. The average molecular weight is 474 g/mol. The highest BCUT2D eigenvalue weighted by molar-refractivity contribution is 7.61. The minimum Gasteiger partial charge on any atom is -0.350 e. The molecule has 1 atom stereocenters. The van der Waals surface area contributed by atoms with E-state index < -0.39 is 15.6 Å². The van der Waals surface area contributed by atoms with E-state index in [0.29, 0.717) is 0 Å². The van der Waals surface area contributed by atoms with Crippen LogP contribution in [0.4, 0.5) is 0 Å². The number of phosphoric acid groups is 2. The van der Waals surface area contributed by atoms with E-state index in [-0.39, 0.29) is 6.61 Å². The van der Waals surface area contributed by atoms with Crippen LogP contribution in [0.25, 0.3) is 0 Å². The van der Waals surface area contributed by atoms with Gasteiger partial charge >= 0.3 is 15.6 Å². The first-order chi connectivity index (χ1) is 14.4. The first kappa shape index (κ1) is 29.6. The minimum atomic E-state index is -5.08. The fourth-order valence-electron chi connectivity index (χ4n) is 2.52. The maximum atomic E-state index is 12.0. The Hall–Kier alpha value is -1.38. The standard InChI is InChI=1S/C22H36O7P2/c1-7-27-31(26,29-30(23,24)25)28-18-17-22(6)16-10-15-21(5)14-9-13-20(4)12-8-11-19(2)3/h1,11,13,15,17H,8-10,12,14,16,18H2,2-6H3,(H2,23,24,25). The maximum Gasteiger partial charge on any atom is 0.547 e. The first-order valence-electron chi connectivity index (χ1n) is 10.1. The molecule has 31 heavy (non-hydrogen) atoms. The topological polar surface area (TPSA) is 102 Å². The number of terminal acetylenes is 1. The van der Waals surface area contributed by atoms with Crippen LogP contribution >= 0.6 is 15.6 Å². The molecule has 0 aliphatic carbocycles. The summed E-state index contributed by atoms with van der Waals surface area (Å²) in [4.78, 5) is 17.5. The van der Waals surface area contributed by atoms with Crippen molar-refractivity contribution in [2.45, 2.75) is 73.1 Å². The van der Waals surface area contributed by atoms with Crippen molar-refractivity contribution in [2.75, 3.05) is 6.61 Å². The molecule has 0 bridgehead atoms. The molecule has 9 heteroatoms. The molecule has 0 amide bonds. The summed E-state index contributed by atoms with van der Waals surface area (Å²) in [5, 5.41) is 0. The van der Waals surface area contributed by atoms with Gasteiger partial charge in [-0.05, 0) is 73.1 Å². The van der Waals surface area contributed by atoms with Gasteiger partial charge in [-0.1, -0.05) is 53.0 Å². The predicted octanol–water partition coefficient (Wildman–Crippen LogP) is 6.97. The van der Waals surface area contributed by atoms with E-state index in [9.17, 15) is 9.13 Å². The van der Waals surface area contributed by atoms with E-state index in [0.717, 1.165) is 44.1 Å². The van der Waals surface area contributed by atoms with Crippen LogP contribution < -0.4 is 0 Å². The SMILES string of the molecule is C#COP(=O)(OCC=C(C)CCC=C(C)CCC=C(C)CCC=C(C)C)OP(=O)(O)O. The molecule has 0 aliphatic rings. The Bertz CT molecular complexity index is 806. The summed E-state index contributed by atoms with van der Waals surface area (Å²) in [5.41, 5.74) is 5.05. The molecule has 0 aromatic heterocycles. The van der Waals surface area contributed by atoms with Crippen LogP contribution in [0.2, 0.25) is 0 Å². The van der Waals surface area contributed by atoms with Crippen molar-refractivity contribution in [3.63, 3.8) is 0 Å². The number of hydrogen-bond acceptors (Lipinski definition) is 5. The monoisotopic (exact) mass is 474 g/mol. The van der Waals surface area contributed by atoms with Crippen LogP contribution in [-0.2, 0) is 22.5 Å². The second-order valence-electron chi connectivity index (χ2n) is 7.57. The van der Waals surface area contributed by atoms with Crippen LogP contribution in [-0.4, -0.2) is 16.4 Å². The molecular formula is C22H36O7P2. The van der Waals surface area contributed by atoms with Gasteiger partial charge in [0, 0.05) is 0 Å². The number of rotatable bonds is 15. The van der Waals surface area contributed by atoms with Crippen molar-refractivity contribution < 1.29 is 32.3 Å². The van der Waals surface area contributed by atoms with Gasteiger partial charge in [0.25, 0.3) is 0 Å². The Kier molecular flexibility index (Phi) is 14.7. The molecule has 0 spiro atoms. The number of phosphoric ester groups is 1. The summed E-state index contributed by atoms with van der Waals surface area (Å²) >= 11 is 0. The summed E-state index contributed by atoms with van der Waals surface area (Å²) in [7, 11) is -9.62. The predicted molar refractivity (Wildman–Crippen MR) is 125 cm³/mol. The zero-order valence-corrected chi connectivity index (χ0v) is 21.0. The van der Waals surface area contributed by atoms with E-state index in [1.54, 1.807) is 12.2 Å². The van der Waals surface area contributed by atoms with Gasteiger partial charge < -0.3 is 14.3 Å². The molecule has 0 saturated heterocycles. The lowest BCUT2D eigenvalue weighted by Crippen LogP contribution is -1.97. The lowest BCUT2D eigenvalue weighted by Gasteiger charge is -2.14. The van der Waals surface area contributed by atoms with Crippen molar-refractivity contribution >= 4 is 15.6 Å².